The molecule has 1 aromatic heterocycles. The lowest BCUT2D eigenvalue weighted by molar-refractivity contribution is 0.0602. The first-order valence-corrected chi connectivity index (χ1v) is 8.86. The summed E-state index contributed by atoms with van der Waals surface area (Å²) in [7, 11) is 1.27. The normalized spacial score (nSPS) is 10.3. The average molecular weight is 394 g/mol. The molecule has 0 saturated heterocycles. The van der Waals surface area contributed by atoms with Crippen LogP contribution in [0.25, 0.3) is 0 Å². The number of para-hydroxylation sites is 1. The van der Waals surface area contributed by atoms with E-state index in [1.165, 1.54) is 31.6 Å². The number of halogens is 1. The molecule has 0 aliphatic carbocycles. The highest BCUT2D eigenvalue weighted by molar-refractivity contribution is 6.07. The van der Waals surface area contributed by atoms with E-state index in [0.29, 0.717) is 24.5 Å². The molecular weight excluding hydrogens is 375 g/mol. The summed E-state index contributed by atoms with van der Waals surface area (Å²) >= 11 is 0. The summed E-state index contributed by atoms with van der Waals surface area (Å²) in [5, 5.41) is 5.77. The van der Waals surface area contributed by atoms with Gasteiger partial charge in [0.25, 0.3) is 5.91 Å². The van der Waals surface area contributed by atoms with E-state index >= 15 is 0 Å². The van der Waals surface area contributed by atoms with Gasteiger partial charge in [0.05, 0.1) is 18.4 Å². The Bertz CT molecular complexity index is 1010. The second-order valence-electron chi connectivity index (χ2n) is 6.08. The van der Waals surface area contributed by atoms with Crippen LogP contribution < -0.4 is 10.6 Å². The standard InChI is InChI=1S/C21H19FN4O3/c1-29-21(28)16-4-2-3-5-17(16)26-20(27)18-12-19(25-13-24-18)23-11-10-14-6-8-15(22)9-7-14/h2-9,12-13H,10-11H2,1H3,(H,26,27)(H,23,24,25). The molecule has 7 nitrogen and oxygen atoms in total. The van der Waals surface area contributed by atoms with Crippen molar-refractivity contribution in [1.82, 2.24) is 9.97 Å². The summed E-state index contributed by atoms with van der Waals surface area (Å²) in [4.78, 5) is 32.5. The molecule has 8 heteroatoms. The monoisotopic (exact) mass is 394 g/mol. The summed E-state index contributed by atoms with van der Waals surface area (Å²) in [6.07, 6.45) is 1.94. The molecule has 3 aromatic rings. The van der Waals surface area contributed by atoms with Crippen molar-refractivity contribution in [2.45, 2.75) is 6.42 Å². The predicted octanol–water partition coefficient (Wildman–Crippen LogP) is 3.31. The molecule has 1 heterocycles. The number of benzene rings is 2. The first kappa shape index (κ1) is 19.9. The molecule has 29 heavy (non-hydrogen) atoms. The summed E-state index contributed by atoms with van der Waals surface area (Å²) in [5.74, 6) is -0.826. The molecule has 0 unspecified atom stereocenters. The van der Waals surface area contributed by atoms with Crippen molar-refractivity contribution in [3.8, 4) is 0 Å². The van der Waals surface area contributed by atoms with Crippen LogP contribution in [0.3, 0.4) is 0 Å². The van der Waals surface area contributed by atoms with Crippen LogP contribution in [0, 0.1) is 5.82 Å². The molecule has 0 aliphatic heterocycles. The van der Waals surface area contributed by atoms with Gasteiger partial charge < -0.3 is 15.4 Å². The Morgan fingerprint density at radius 3 is 2.59 bits per heavy atom. The lowest BCUT2D eigenvalue weighted by atomic mass is 10.1. The zero-order chi connectivity index (χ0) is 20.6. The van der Waals surface area contributed by atoms with E-state index in [9.17, 15) is 14.0 Å². The zero-order valence-corrected chi connectivity index (χ0v) is 15.7. The molecule has 2 N–H and O–H groups in total. The molecule has 0 spiro atoms. The Morgan fingerprint density at radius 2 is 1.83 bits per heavy atom. The SMILES string of the molecule is COC(=O)c1ccccc1NC(=O)c1cc(NCCc2ccc(F)cc2)ncn1. The molecular formula is C21H19FN4O3. The van der Waals surface area contributed by atoms with Crippen LogP contribution in [0.2, 0.25) is 0 Å². The number of carbonyl (C=O) groups is 2. The topological polar surface area (TPSA) is 93.2 Å². The van der Waals surface area contributed by atoms with Crippen LogP contribution >= 0.6 is 0 Å². The van der Waals surface area contributed by atoms with Gasteiger partial charge >= 0.3 is 5.97 Å². The fraction of sp³-hybridized carbons (Fsp3) is 0.143. The number of carbonyl (C=O) groups excluding carboxylic acids is 2. The number of esters is 1. The summed E-state index contributed by atoms with van der Waals surface area (Å²) in [5.41, 5.74) is 1.69. The minimum Gasteiger partial charge on any atom is -0.465 e. The van der Waals surface area contributed by atoms with E-state index < -0.39 is 11.9 Å². The number of nitrogens with zero attached hydrogens (tertiary/aromatic N) is 2. The molecule has 0 fully saturated rings. The minimum absolute atomic E-state index is 0.143. The maximum Gasteiger partial charge on any atom is 0.339 e. The van der Waals surface area contributed by atoms with Crippen molar-refractivity contribution in [3.63, 3.8) is 0 Å². The van der Waals surface area contributed by atoms with E-state index in [2.05, 4.69) is 20.6 Å². The van der Waals surface area contributed by atoms with Crippen LogP contribution in [0.4, 0.5) is 15.9 Å². The number of rotatable bonds is 7. The number of hydrogen-bond acceptors (Lipinski definition) is 6. The average Bonchev–Trinajstić information content (AvgIpc) is 2.75. The second kappa shape index (κ2) is 9.41. The molecule has 0 bridgehead atoms. The zero-order valence-electron chi connectivity index (χ0n) is 15.7. The summed E-state index contributed by atoms with van der Waals surface area (Å²) in [6.45, 7) is 0.550. The number of methoxy groups -OCH3 is 1. The van der Waals surface area contributed by atoms with Crippen molar-refractivity contribution >= 4 is 23.4 Å². The van der Waals surface area contributed by atoms with Crippen LogP contribution in [0.5, 0.6) is 0 Å². The number of nitrogens with one attached hydrogen (secondary N) is 2. The van der Waals surface area contributed by atoms with Gasteiger partial charge in [-0.05, 0) is 36.2 Å². The number of hydrogen-bond donors (Lipinski definition) is 2. The van der Waals surface area contributed by atoms with E-state index in [-0.39, 0.29) is 17.1 Å². The number of anilines is 2. The van der Waals surface area contributed by atoms with Gasteiger partial charge in [0, 0.05) is 12.6 Å². The first-order chi connectivity index (χ1) is 14.1. The predicted molar refractivity (Wildman–Crippen MR) is 106 cm³/mol. The Balaban J connectivity index is 1.64. The van der Waals surface area contributed by atoms with Crippen molar-refractivity contribution in [1.29, 1.82) is 0 Å². The van der Waals surface area contributed by atoms with Gasteiger partial charge in [0.1, 0.15) is 23.7 Å². The van der Waals surface area contributed by atoms with Gasteiger partial charge in [0.15, 0.2) is 0 Å². The van der Waals surface area contributed by atoms with Crippen LogP contribution in [0.1, 0.15) is 26.4 Å². The van der Waals surface area contributed by atoms with Gasteiger partial charge in [-0.25, -0.2) is 19.2 Å². The molecule has 0 saturated carbocycles. The second-order valence-corrected chi connectivity index (χ2v) is 6.08. The van der Waals surface area contributed by atoms with Gasteiger partial charge in [-0.2, -0.15) is 0 Å². The minimum atomic E-state index is -0.549. The molecule has 0 aliphatic rings. The van der Waals surface area contributed by atoms with Crippen molar-refractivity contribution in [2.24, 2.45) is 0 Å². The van der Waals surface area contributed by atoms with Crippen molar-refractivity contribution < 1.29 is 18.7 Å². The van der Waals surface area contributed by atoms with Gasteiger partial charge in [0.2, 0.25) is 0 Å². The quantitative estimate of drug-likeness (QED) is 0.597. The van der Waals surface area contributed by atoms with E-state index in [1.807, 2.05) is 0 Å². The molecule has 1 amide bonds. The summed E-state index contributed by atoms with van der Waals surface area (Å²) in [6, 6.07) is 14.3. The molecule has 148 valence electrons. The van der Waals surface area contributed by atoms with Crippen LogP contribution in [-0.4, -0.2) is 35.5 Å². The lowest BCUT2D eigenvalue weighted by Crippen LogP contribution is -2.17. The highest BCUT2D eigenvalue weighted by Gasteiger charge is 2.15. The van der Waals surface area contributed by atoms with Gasteiger partial charge in [-0.1, -0.05) is 24.3 Å². The Labute approximate surface area is 167 Å². The number of amides is 1. The fourth-order valence-corrected chi connectivity index (χ4v) is 2.63. The molecule has 0 radical (unpaired) electrons. The fourth-order valence-electron chi connectivity index (χ4n) is 2.63. The van der Waals surface area contributed by atoms with Crippen molar-refractivity contribution in [3.05, 3.63) is 83.6 Å². The van der Waals surface area contributed by atoms with Crippen LogP contribution in [-0.2, 0) is 11.2 Å². The lowest BCUT2D eigenvalue weighted by Gasteiger charge is -2.10. The van der Waals surface area contributed by atoms with E-state index in [1.54, 1.807) is 36.4 Å². The van der Waals surface area contributed by atoms with Crippen molar-refractivity contribution in [2.75, 3.05) is 24.3 Å². The smallest absolute Gasteiger partial charge is 0.339 e. The van der Waals surface area contributed by atoms with Gasteiger partial charge in [-0.3, -0.25) is 4.79 Å². The molecule has 0 atom stereocenters. The summed E-state index contributed by atoms with van der Waals surface area (Å²) < 4.78 is 17.7. The van der Waals surface area contributed by atoms with E-state index in [4.69, 9.17) is 4.74 Å². The third-order valence-corrected chi connectivity index (χ3v) is 4.11. The highest BCUT2D eigenvalue weighted by Crippen LogP contribution is 2.17. The first-order valence-electron chi connectivity index (χ1n) is 8.86. The third kappa shape index (κ3) is 5.35. The molecule has 2 aromatic carbocycles. The largest absolute Gasteiger partial charge is 0.465 e. The number of ether oxygens (including phenoxy) is 1. The Kier molecular flexibility index (Phi) is 6.47. The van der Waals surface area contributed by atoms with E-state index in [0.717, 1.165) is 5.56 Å². The maximum absolute atomic E-state index is 12.9. The Morgan fingerprint density at radius 1 is 1.07 bits per heavy atom. The third-order valence-electron chi connectivity index (χ3n) is 4.11. The number of aromatic nitrogens is 2. The van der Waals surface area contributed by atoms with Gasteiger partial charge in [-0.15, -0.1) is 0 Å². The van der Waals surface area contributed by atoms with Crippen LogP contribution in [0.15, 0.2) is 60.9 Å². The maximum atomic E-state index is 12.9. The highest BCUT2D eigenvalue weighted by atomic mass is 19.1. The molecule has 3 rings (SSSR count). The Hall–Kier alpha value is -3.81.